The van der Waals surface area contributed by atoms with Crippen LogP contribution in [0.5, 0.6) is 0 Å². The van der Waals surface area contributed by atoms with Gasteiger partial charge in [-0.05, 0) is 37.8 Å². The van der Waals surface area contributed by atoms with Crippen LogP contribution in [0.4, 0.5) is 17.1 Å². The fourth-order valence-electron chi connectivity index (χ4n) is 4.24. The molecular weight excluding hydrogens is 362 g/mol. The SMILES string of the molecule is N=Cc1cc(Cl)c(N2CC3(CCCOC3)C2)cc1Nc1cnn(C2CC2)c1. The molecule has 5 rings (SSSR count). The molecule has 1 saturated carbocycles. The topological polar surface area (TPSA) is 66.2 Å². The third-order valence-electron chi connectivity index (χ3n) is 5.87. The van der Waals surface area contributed by atoms with Crippen molar-refractivity contribution in [2.75, 3.05) is 36.5 Å². The normalized spacial score (nSPS) is 21.1. The summed E-state index contributed by atoms with van der Waals surface area (Å²) in [5.74, 6) is 0. The number of anilines is 3. The Labute approximate surface area is 164 Å². The number of aromatic nitrogens is 2. The van der Waals surface area contributed by atoms with Gasteiger partial charge in [0, 0.05) is 48.8 Å². The maximum absolute atomic E-state index is 7.75. The number of rotatable bonds is 5. The molecule has 0 amide bonds. The molecule has 1 spiro atoms. The molecule has 3 heterocycles. The van der Waals surface area contributed by atoms with Crippen molar-refractivity contribution >= 4 is 34.9 Å². The smallest absolute Gasteiger partial charge is 0.0770 e. The minimum absolute atomic E-state index is 0.292. The summed E-state index contributed by atoms with van der Waals surface area (Å²) >= 11 is 6.55. The minimum atomic E-state index is 0.292. The summed E-state index contributed by atoms with van der Waals surface area (Å²) in [6, 6.07) is 4.49. The van der Waals surface area contributed by atoms with E-state index in [9.17, 15) is 0 Å². The maximum Gasteiger partial charge on any atom is 0.0770 e. The maximum atomic E-state index is 7.75. The van der Waals surface area contributed by atoms with Gasteiger partial charge in [0.1, 0.15) is 0 Å². The van der Waals surface area contributed by atoms with Crippen LogP contribution >= 0.6 is 11.6 Å². The van der Waals surface area contributed by atoms with Gasteiger partial charge in [0.2, 0.25) is 0 Å². The lowest BCUT2D eigenvalue weighted by Gasteiger charge is -2.53. The molecule has 27 heavy (non-hydrogen) atoms. The fourth-order valence-corrected chi connectivity index (χ4v) is 4.53. The number of nitrogens with one attached hydrogen (secondary N) is 2. The molecule has 6 nitrogen and oxygen atoms in total. The standard InChI is InChI=1S/C20H24ClN5O/c21-17-6-14(8-22)18(24-15-9-23-26(10-15)16-2-3-16)7-19(17)25-11-20(12-25)4-1-5-27-13-20/h6-10,16,22,24H,1-5,11-13H2. The summed E-state index contributed by atoms with van der Waals surface area (Å²) in [4.78, 5) is 2.32. The van der Waals surface area contributed by atoms with Gasteiger partial charge >= 0.3 is 0 Å². The molecule has 1 aromatic carbocycles. The Morgan fingerprint density at radius 3 is 2.89 bits per heavy atom. The number of hydrogen-bond acceptors (Lipinski definition) is 5. The van der Waals surface area contributed by atoms with Crippen molar-refractivity contribution in [3.63, 3.8) is 0 Å². The highest BCUT2D eigenvalue weighted by Crippen LogP contribution is 2.44. The van der Waals surface area contributed by atoms with Crippen molar-refractivity contribution in [1.82, 2.24) is 9.78 Å². The molecule has 142 valence electrons. The van der Waals surface area contributed by atoms with E-state index in [2.05, 4.69) is 21.4 Å². The quantitative estimate of drug-likeness (QED) is 0.756. The zero-order valence-electron chi connectivity index (χ0n) is 15.2. The first-order chi connectivity index (χ1) is 13.2. The summed E-state index contributed by atoms with van der Waals surface area (Å²) in [6.45, 7) is 3.70. The number of halogens is 1. The van der Waals surface area contributed by atoms with Gasteiger partial charge in [-0.2, -0.15) is 5.10 Å². The Bertz CT molecular complexity index is 861. The van der Waals surface area contributed by atoms with Crippen LogP contribution in [0.1, 0.15) is 37.3 Å². The average molecular weight is 386 g/mol. The molecule has 0 atom stereocenters. The second-order valence-electron chi connectivity index (χ2n) is 8.11. The number of nitrogens with zero attached hydrogens (tertiary/aromatic N) is 3. The number of ether oxygens (including phenoxy) is 1. The van der Waals surface area contributed by atoms with E-state index < -0.39 is 0 Å². The zero-order valence-corrected chi connectivity index (χ0v) is 16.0. The molecule has 3 fully saturated rings. The minimum Gasteiger partial charge on any atom is -0.381 e. The lowest BCUT2D eigenvalue weighted by Crippen LogP contribution is -2.60. The predicted octanol–water partition coefficient (Wildman–Crippen LogP) is 4.23. The van der Waals surface area contributed by atoms with Crippen molar-refractivity contribution in [2.24, 2.45) is 5.41 Å². The van der Waals surface area contributed by atoms with Crippen LogP contribution in [0.25, 0.3) is 0 Å². The van der Waals surface area contributed by atoms with E-state index >= 15 is 0 Å². The van der Waals surface area contributed by atoms with E-state index in [1.54, 1.807) is 0 Å². The molecule has 2 aliphatic heterocycles. The second-order valence-corrected chi connectivity index (χ2v) is 8.52. The molecule has 2 N–H and O–H groups in total. The summed E-state index contributed by atoms with van der Waals surface area (Å²) in [5.41, 5.74) is 3.93. The molecular formula is C20H24ClN5O. The van der Waals surface area contributed by atoms with Crippen LogP contribution < -0.4 is 10.2 Å². The third-order valence-corrected chi connectivity index (χ3v) is 6.18. The first-order valence-corrected chi connectivity index (χ1v) is 10.0. The Kier molecular flexibility index (Phi) is 4.13. The summed E-state index contributed by atoms with van der Waals surface area (Å²) < 4.78 is 7.72. The first kappa shape index (κ1) is 17.1. The third kappa shape index (κ3) is 3.21. The molecule has 0 unspecified atom stereocenters. The summed E-state index contributed by atoms with van der Waals surface area (Å²) in [5, 5.41) is 16.3. The van der Waals surface area contributed by atoms with Crippen molar-refractivity contribution in [3.05, 3.63) is 35.1 Å². The molecule has 7 heteroatoms. The van der Waals surface area contributed by atoms with E-state index in [1.807, 2.05) is 23.1 Å². The number of benzene rings is 1. The monoisotopic (exact) mass is 385 g/mol. The van der Waals surface area contributed by atoms with Crippen molar-refractivity contribution in [3.8, 4) is 0 Å². The highest BCUT2D eigenvalue weighted by Gasteiger charge is 2.44. The van der Waals surface area contributed by atoms with Gasteiger partial charge in [0.05, 0.1) is 35.2 Å². The fraction of sp³-hybridized carbons (Fsp3) is 0.500. The molecule has 2 aromatic rings. The van der Waals surface area contributed by atoms with Crippen molar-refractivity contribution < 1.29 is 4.74 Å². The Hall–Kier alpha value is -2.05. The van der Waals surface area contributed by atoms with Crippen LogP contribution in [0.3, 0.4) is 0 Å². The average Bonchev–Trinajstić information content (AvgIpc) is 3.41. The Morgan fingerprint density at radius 1 is 1.33 bits per heavy atom. The number of hydrogen-bond donors (Lipinski definition) is 2. The molecule has 1 aromatic heterocycles. The van der Waals surface area contributed by atoms with Crippen LogP contribution in [0, 0.1) is 10.8 Å². The highest BCUT2D eigenvalue weighted by molar-refractivity contribution is 6.33. The molecule has 1 aliphatic carbocycles. The van der Waals surface area contributed by atoms with Gasteiger partial charge in [-0.3, -0.25) is 4.68 Å². The van der Waals surface area contributed by atoms with E-state index in [1.165, 1.54) is 25.5 Å². The molecule has 2 saturated heterocycles. The first-order valence-electron chi connectivity index (χ1n) is 9.64. The molecule has 0 radical (unpaired) electrons. The Morgan fingerprint density at radius 2 is 2.19 bits per heavy atom. The molecule has 0 bridgehead atoms. The lowest BCUT2D eigenvalue weighted by molar-refractivity contribution is -0.0234. The molecule has 3 aliphatic rings. The van der Waals surface area contributed by atoms with Crippen LogP contribution in [0.2, 0.25) is 5.02 Å². The summed E-state index contributed by atoms with van der Waals surface area (Å²) in [6.07, 6.45) is 10.0. The van der Waals surface area contributed by atoms with E-state index in [0.717, 1.165) is 55.3 Å². The highest BCUT2D eigenvalue weighted by atomic mass is 35.5. The van der Waals surface area contributed by atoms with Crippen molar-refractivity contribution in [2.45, 2.75) is 31.7 Å². The zero-order chi connectivity index (χ0) is 18.4. The van der Waals surface area contributed by atoms with Gasteiger partial charge in [-0.15, -0.1) is 0 Å². The van der Waals surface area contributed by atoms with Gasteiger partial charge in [0.15, 0.2) is 0 Å². The van der Waals surface area contributed by atoms with Gasteiger partial charge in [-0.25, -0.2) is 0 Å². The van der Waals surface area contributed by atoms with Crippen LogP contribution in [-0.4, -0.2) is 42.3 Å². The van der Waals surface area contributed by atoms with Crippen LogP contribution in [0.15, 0.2) is 24.5 Å². The van der Waals surface area contributed by atoms with Gasteiger partial charge in [0.25, 0.3) is 0 Å². The second kappa shape index (κ2) is 6.53. The van der Waals surface area contributed by atoms with E-state index in [-0.39, 0.29) is 0 Å². The van der Waals surface area contributed by atoms with E-state index in [0.29, 0.717) is 16.5 Å². The predicted molar refractivity (Wildman–Crippen MR) is 108 cm³/mol. The van der Waals surface area contributed by atoms with Gasteiger partial charge < -0.3 is 20.4 Å². The van der Waals surface area contributed by atoms with Gasteiger partial charge in [-0.1, -0.05) is 11.6 Å². The lowest BCUT2D eigenvalue weighted by atomic mass is 9.75. The Balaban J connectivity index is 1.37. The van der Waals surface area contributed by atoms with Crippen LogP contribution in [-0.2, 0) is 4.74 Å². The van der Waals surface area contributed by atoms with E-state index in [4.69, 9.17) is 21.7 Å². The van der Waals surface area contributed by atoms with Crippen molar-refractivity contribution in [1.29, 1.82) is 5.41 Å². The largest absolute Gasteiger partial charge is 0.381 e. The summed E-state index contributed by atoms with van der Waals surface area (Å²) in [7, 11) is 0.